The maximum Gasteiger partial charge on any atom is 0.269 e. The lowest BCUT2D eigenvalue weighted by molar-refractivity contribution is -0.118. The van der Waals surface area contributed by atoms with Crippen molar-refractivity contribution in [3.8, 4) is 45.7 Å². The lowest BCUT2D eigenvalue weighted by atomic mass is 9.98. The predicted octanol–water partition coefficient (Wildman–Crippen LogP) is 4.63. The zero-order chi connectivity index (χ0) is 26.4. The zero-order valence-corrected chi connectivity index (χ0v) is 20.6. The number of benzene rings is 3. The van der Waals surface area contributed by atoms with Crippen LogP contribution in [0.15, 0.2) is 83.7 Å². The average Bonchev–Trinajstić information content (AvgIpc) is 2.93. The van der Waals surface area contributed by atoms with Gasteiger partial charge in [0.1, 0.15) is 17.4 Å². The lowest BCUT2D eigenvalue weighted by Crippen LogP contribution is -2.22. The normalized spacial score (nSPS) is 10.3. The Kier molecular flexibility index (Phi) is 7.55. The van der Waals surface area contributed by atoms with Gasteiger partial charge in [-0.3, -0.25) is 9.59 Å². The van der Waals surface area contributed by atoms with E-state index in [-0.39, 0.29) is 18.1 Å². The summed E-state index contributed by atoms with van der Waals surface area (Å²) in [4.78, 5) is 25.4. The molecule has 0 radical (unpaired) electrons. The molecule has 0 atom stereocenters. The first kappa shape index (κ1) is 25.1. The molecule has 8 heteroatoms. The summed E-state index contributed by atoms with van der Waals surface area (Å²) in [5, 5.41) is 12.5. The summed E-state index contributed by atoms with van der Waals surface area (Å²) in [5.74, 6) is 1.09. The third-order valence-electron chi connectivity index (χ3n) is 5.82. The van der Waals surface area contributed by atoms with Crippen molar-refractivity contribution in [2.45, 2.75) is 0 Å². The second-order valence-electron chi connectivity index (χ2n) is 8.09. The molecule has 37 heavy (non-hydrogen) atoms. The van der Waals surface area contributed by atoms with E-state index >= 15 is 0 Å². The van der Waals surface area contributed by atoms with Gasteiger partial charge in [0.15, 0.2) is 18.1 Å². The maximum absolute atomic E-state index is 13.1. The largest absolute Gasteiger partial charge is 0.497 e. The SMILES string of the molecule is COc1ccc(-c2cc(-c3ccc(OCC(=O)Nc4ccccc4)c(OC)c3)c(C#N)c(=O)n2C)cc1. The minimum absolute atomic E-state index is 0.0118. The molecule has 1 amide bonds. The Labute approximate surface area is 214 Å². The Morgan fingerprint density at radius 3 is 2.27 bits per heavy atom. The van der Waals surface area contributed by atoms with Crippen LogP contribution in [0.3, 0.4) is 0 Å². The van der Waals surface area contributed by atoms with Crippen LogP contribution in [0.1, 0.15) is 5.56 Å². The van der Waals surface area contributed by atoms with Crippen LogP contribution in [-0.2, 0) is 11.8 Å². The fourth-order valence-corrected chi connectivity index (χ4v) is 3.89. The number of para-hydroxylation sites is 1. The van der Waals surface area contributed by atoms with Gasteiger partial charge in [0.05, 0.1) is 19.9 Å². The first-order valence-electron chi connectivity index (χ1n) is 11.4. The average molecular weight is 496 g/mol. The number of nitriles is 1. The topological polar surface area (TPSA) is 103 Å². The minimum Gasteiger partial charge on any atom is -0.497 e. The number of anilines is 1. The van der Waals surface area contributed by atoms with Gasteiger partial charge < -0.3 is 24.1 Å². The van der Waals surface area contributed by atoms with Crippen molar-refractivity contribution in [3.63, 3.8) is 0 Å². The predicted molar refractivity (Wildman–Crippen MR) is 141 cm³/mol. The molecule has 4 rings (SSSR count). The molecule has 0 saturated heterocycles. The molecule has 0 unspecified atom stereocenters. The van der Waals surface area contributed by atoms with Crippen molar-refractivity contribution in [1.82, 2.24) is 4.57 Å². The summed E-state index contributed by atoms with van der Waals surface area (Å²) >= 11 is 0. The fraction of sp³-hybridized carbons (Fsp3) is 0.138. The lowest BCUT2D eigenvalue weighted by Gasteiger charge is -2.15. The van der Waals surface area contributed by atoms with E-state index in [0.717, 1.165) is 5.56 Å². The Morgan fingerprint density at radius 1 is 0.919 bits per heavy atom. The van der Waals surface area contributed by atoms with Crippen LogP contribution in [0.25, 0.3) is 22.4 Å². The highest BCUT2D eigenvalue weighted by atomic mass is 16.5. The summed E-state index contributed by atoms with van der Waals surface area (Å²) < 4.78 is 17.9. The molecule has 0 aliphatic carbocycles. The number of nitrogens with one attached hydrogen (secondary N) is 1. The van der Waals surface area contributed by atoms with E-state index in [1.165, 1.54) is 11.7 Å². The van der Waals surface area contributed by atoms with Crippen molar-refractivity contribution in [2.24, 2.45) is 7.05 Å². The molecule has 0 spiro atoms. The van der Waals surface area contributed by atoms with Crippen LogP contribution in [0.2, 0.25) is 0 Å². The van der Waals surface area contributed by atoms with Gasteiger partial charge in [0.2, 0.25) is 0 Å². The van der Waals surface area contributed by atoms with Crippen LogP contribution in [0.4, 0.5) is 5.69 Å². The maximum atomic E-state index is 13.1. The van der Waals surface area contributed by atoms with Crippen LogP contribution in [0.5, 0.6) is 17.2 Å². The summed E-state index contributed by atoms with van der Waals surface area (Å²) in [6.07, 6.45) is 0. The van der Waals surface area contributed by atoms with E-state index in [9.17, 15) is 14.9 Å². The molecule has 0 saturated carbocycles. The van der Waals surface area contributed by atoms with Crippen LogP contribution >= 0.6 is 0 Å². The summed E-state index contributed by atoms with van der Waals surface area (Å²) in [5.41, 5.74) is 2.76. The molecule has 3 aromatic carbocycles. The Balaban J connectivity index is 1.65. The highest BCUT2D eigenvalue weighted by molar-refractivity contribution is 5.91. The molecular weight excluding hydrogens is 470 g/mol. The second-order valence-corrected chi connectivity index (χ2v) is 8.09. The van der Waals surface area contributed by atoms with Gasteiger partial charge in [-0.1, -0.05) is 24.3 Å². The summed E-state index contributed by atoms with van der Waals surface area (Å²) in [7, 11) is 4.69. The molecule has 8 nitrogen and oxygen atoms in total. The van der Waals surface area contributed by atoms with E-state index in [0.29, 0.717) is 39.8 Å². The Bertz CT molecular complexity index is 1520. The van der Waals surface area contributed by atoms with E-state index in [4.69, 9.17) is 14.2 Å². The molecule has 4 aromatic rings. The molecule has 0 aliphatic rings. The van der Waals surface area contributed by atoms with Gasteiger partial charge in [0.25, 0.3) is 11.5 Å². The molecule has 0 bridgehead atoms. The third-order valence-corrected chi connectivity index (χ3v) is 5.82. The Morgan fingerprint density at radius 2 is 1.62 bits per heavy atom. The van der Waals surface area contributed by atoms with Crippen LogP contribution in [-0.4, -0.2) is 31.3 Å². The molecule has 186 valence electrons. The number of carbonyl (C=O) groups excluding carboxylic acids is 1. The van der Waals surface area contributed by atoms with Gasteiger partial charge in [-0.05, 0) is 65.7 Å². The second kappa shape index (κ2) is 11.1. The Hall–Kier alpha value is -5.03. The monoisotopic (exact) mass is 495 g/mol. The molecule has 0 aliphatic heterocycles. The summed E-state index contributed by atoms with van der Waals surface area (Å²) in [6.45, 7) is -0.221. The van der Waals surface area contributed by atoms with E-state index in [1.807, 2.05) is 36.4 Å². The highest BCUT2D eigenvalue weighted by Crippen LogP contribution is 2.35. The molecule has 1 aromatic heterocycles. The van der Waals surface area contributed by atoms with Crippen molar-refractivity contribution in [3.05, 3.63) is 94.8 Å². The quantitative estimate of drug-likeness (QED) is 0.383. The van der Waals surface area contributed by atoms with Gasteiger partial charge >= 0.3 is 0 Å². The number of aromatic nitrogens is 1. The number of nitrogens with zero attached hydrogens (tertiary/aromatic N) is 2. The molecular formula is C29H25N3O5. The standard InChI is InChI=1S/C29H25N3O5/c1-32-25(19-9-12-22(35-2)13-10-19)16-23(24(17-30)29(32)34)20-11-14-26(27(15-20)36-3)37-18-28(33)31-21-7-5-4-6-8-21/h4-16H,18H2,1-3H3,(H,31,33). The first-order valence-corrected chi connectivity index (χ1v) is 11.4. The number of ether oxygens (including phenoxy) is 3. The number of hydrogen-bond donors (Lipinski definition) is 1. The number of methoxy groups -OCH3 is 2. The van der Waals surface area contributed by atoms with E-state index in [1.54, 1.807) is 62.7 Å². The van der Waals surface area contributed by atoms with Crippen molar-refractivity contribution in [1.29, 1.82) is 5.26 Å². The van der Waals surface area contributed by atoms with Crippen LogP contribution < -0.4 is 25.1 Å². The smallest absolute Gasteiger partial charge is 0.269 e. The molecule has 1 heterocycles. The van der Waals surface area contributed by atoms with Gasteiger partial charge in [-0.15, -0.1) is 0 Å². The number of amides is 1. The molecule has 1 N–H and O–H groups in total. The third kappa shape index (κ3) is 5.46. The van der Waals surface area contributed by atoms with Gasteiger partial charge in [-0.2, -0.15) is 5.26 Å². The van der Waals surface area contributed by atoms with Crippen molar-refractivity contribution < 1.29 is 19.0 Å². The van der Waals surface area contributed by atoms with Gasteiger partial charge in [-0.25, -0.2) is 0 Å². The fourth-order valence-electron chi connectivity index (χ4n) is 3.89. The highest BCUT2D eigenvalue weighted by Gasteiger charge is 2.18. The number of carbonyl (C=O) groups is 1. The summed E-state index contributed by atoms with van der Waals surface area (Å²) in [6, 6.07) is 25.3. The zero-order valence-electron chi connectivity index (χ0n) is 20.6. The first-order chi connectivity index (χ1) is 17.9. The van der Waals surface area contributed by atoms with E-state index in [2.05, 4.69) is 5.32 Å². The molecule has 0 fully saturated rings. The van der Waals surface area contributed by atoms with Gasteiger partial charge in [0, 0.05) is 18.3 Å². The number of rotatable bonds is 8. The van der Waals surface area contributed by atoms with Crippen molar-refractivity contribution in [2.75, 3.05) is 26.1 Å². The van der Waals surface area contributed by atoms with E-state index < -0.39 is 5.56 Å². The number of pyridine rings is 1. The van der Waals surface area contributed by atoms with Crippen LogP contribution in [0, 0.1) is 11.3 Å². The minimum atomic E-state index is -0.414. The van der Waals surface area contributed by atoms with Crippen molar-refractivity contribution >= 4 is 11.6 Å². The number of hydrogen-bond acceptors (Lipinski definition) is 6.